The SMILES string of the molecule is Nc1ncnc2c1C(I)=NC2. The van der Waals surface area contributed by atoms with E-state index in [4.69, 9.17) is 5.73 Å². The molecule has 0 spiro atoms. The van der Waals surface area contributed by atoms with Crippen LogP contribution in [-0.2, 0) is 6.54 Å². The first-order valence-corrected chi connectivity index (χ1v) is 4.16. The first kappa shape index (κ1) is 6.96. The number of rotatable bonds is 0. The molecule has 0 unspecified atom stereocenters. The molecular formula is C6H5IN4. The van der Waals surface area contributed by atoms with Gasteiger partial charge in [-0.2, -0.15) is 0 Å². The van der Waals surface area contributed by atoms with E-state index in [1.165, 1.54) is 6.33 Å². The van der Waals surface area contributed by atoms with Crippen molar-refractivity contribution in [3.05, 3.63) is 17.6 Å². The number of aliphatic imine (C=N–C) groups is 1. The van der Waals surface area contributed by atoms with Gasteiger partial charge in [0.1, 0.15) is 15.9 Å². The van der Waals surface area contributed by atoms with Gasteiger partial charge in [-0.25, -0.2) is 9.97 Å². The fourth-order valence-corrected chi connectivity index (χ4v) is 1.76. The zero-order valence-corrected chi connectivity index (χ0v) is 7.74. The van der Waals surface area contributed by atoms with Crippen molar-refractivity contribution in [2.45, 2.75) is 6.54 Å². The standard InChI is InChI=1S/C6H5IN4/c7-5-4-3(1-9-5)10-2-11-6(4)8/h2H,1H2,(H2,8,10,11). The second-order valence-electron chi connectivity index (χ2n) is 2.19. The van der Waals surface area contributed by atoms with Crippen molar-refractivity contribution in [2.75, 3.05) is 5.73 Å². The zero-order chi connectivity index (χ0) is 7.84. The highest BCUT2D eigenvalue weighted by Crippen LogP contribution is 2.23. The molecule has 0 aromatic carbocycles. The molecule has 0 atom stereocenters. The fourth-order valence-electron chi connectivity index (χ4n) is 1.01. The second kappa shape index (κ2) is 2.40. The lowest BCUT2D eigenvalue weighted by Gasteiger charge is -1.98. The summed E-state index contributed by atoms with van der Waals surface area (Å²) in [5, 5.41) is 0. The van der Waals surface area contributed by atoms with Crippen molar-refractivity contribution in [3.8, 4) is 0 Å². The van der Waals surface area contributed by atoms with Crippen molar-refractivity contribution in [3.63, 3.8) is 0 Å². The average molecular weight is 260 g/mol. The number of aromatic nitrogens is 2. The van der Waals surface area contributed by atoms with Crippen molar-refractivity contribution in [1.82, 2.24) is 9.97 Å². The minimum atomic E-state index is 0.528. The summed E-state index contributed by atoms with van der Waals surface area (Å²) in [5.41, 5.74) is 7.47. The Morgan fingerprint density at radius 3 is 3.00 bits per heavy atom. The predicted molar refractivity (Wildman–Crippen MR) is 50.7 cm³/mol. The molecule has 2 rings (SSSR count). The quantitative estimate of drug-likeness (QED) is 0.700. The summed E-state index contributed by atoms with van der Waals surface area (Å²) in [4.78, 5) is 12.1. The van der Waals surface area contributed by atoms with Crippen molar-refractivity contribution in [1.29, 1.82) is 0 Å². The smallest absolute Gasteiger partial charge is 0.137 e. The number of hydrogen-bond acceptors (Lipinski definition) is 4. The molecule has 0 bridgehead atoms. The molecule has 0 fully saturated rings. The third-order valence-corrected chi connectivity index (χ3v) is 2.41. The molecule has 0 saturated carbocycles. The van der Waals surface area contributed by atoms with Gasteiger partial charge in [0, 0.05) is 0 Å². The van der Waals surface area contributed by atoms with Crippen LogP contribution in [0.5, 0.6) is 0 Å². The van der Waals surface area contributed by atoms with Crippen LogP contribution in [0, 0.1) is 0 Å². The highest BCUT2D eigenvalue weighted by atomic mass is 127. The van der Waals surface area contributed by atoms with Gasteiger partial charge in [0.05, 0.1) is 17.8 Å². The molecule has 1 aromatic heterocycles. The third kappa shape index (κ3) is 0.991. The Balaban J connectivity index is 2.67. The highest BCUT2D eigenvalue weighted by molar-refractivity contribution is 14.1. The Kier molecular flexibility index (Phi) is 1.52. The largest absolute Gasteiger partial charge is 0.383 e. The first-order chi connectivity index (χ1) is 5.29. The van der Waals surface area contributed by atoms with Crippen LogP contribution < -0.4 is 5.73 Å². The normalized spacial score (nSPS) is 14.5. The van der Waals surface area contributed by atoms with E-state index in [1.807, 2.05) is 0 Å². The maximum atomic E-state index is 5.63. The van der Waals surface area contributed by atoms with E-state index in [-0.39, 0.29) is 0 Å². The van der Waals surface area contributed by atoms with E-state index < -0.39 is 0 Å². The fraction of sp³-hybridized carbons (Fsp3) is 0.167. The molecule has 1 aromatic rings. The number of halogens is 1. The van der Waals surface area contributed by atoms with E-state index in [1.54, 1.807) is 0 Å². The molecule has 5 heteroatoms. The summed E-state index contributed by atoms with van der Waals surface area (Å²) in [5.74, 6) is 0.528. The minimum absolute atomic E-state index is 0.528. The van der Waals surface area contributed by atoms with Gasteiger partial charge in [0.2, 0.25) is 0 Å². The van der Waals surface area contributed by atoms with Gasteiger partial charge in [-0.1, -0.05) is 0 Å². The zero-order valence-electron chi connectivity index (χ0n) is 5.58. The Labute approximate surface area is 77.1 Å². The summed E-state index contributed by atoms with van der Waals surface area (Å²) in [6.45, 7) is 0.639. The number of hydrogen-bond donors (Lipinski definition) is 1. The molecular weight excluding hydrogens is 255 g/mol. The Bertz CT molecular complexity index is 333. The number of nitrogen functional groups attached to an aromatic ring is 1. The predicted octanol–water partition coefficient (Wildman–Crippen LogP) is 0.754. The molecule has 1 aliphatic rings. The highest BCUT2D eigenvalue weighted by Gasteiger charge is 2.17. The van der Waals surface area contributed by atoms with E-state index in [2.05, 4.69) is 37.6 Å². The Morgan fingerprint density at radius 2 is 2.27 bits per heavy atom. The summed E-state index contributed by atoms with van der Waals surface area (Å²) in [7, 11) is 0. The molecule has 56 valence electrons. The maximum Gasteiger partial charge on any atom is 0.137 e. The number of anilines is 1. The van der Waals surface area contributed by atoms with Crippen LogP contribution in [0.1, 0.15) is 11.3 Å². The monoisotopic (exact) mass is 260 g/mol. The second-order valence-corrected chi connectivity index (χ2v) is 3.21. The lowest BCUT2D eigenvalue weighted by Crippen LogP contribution is -2.02. The van der Waals surface area contributed by atoms with Gasteiger partial charge in [-0.3, -0.25) is 4.99 Å². The molecule has 1 aliphatic heterocycles. The van der Waals surface area contributed by atoms with Crippen LogP contribution in [0.15, 0.2) is 11.3 Å². The van der Waals surface area contributed by atoms with Gasteiger partial charge in [-0.15, -0.1) is 0 Å². The van der Waals surface area contributed by atoms with E-state index >= 15 is 0 Å². The van der Waals surface area contributed by atoms with Crippen molar-refractivity contribution >= 4 is 32.1 Å². The summed E-state index contributed by atoms with van der Waals surface area (Å²) >= 11 is 2.14. The van der Waals surface area contributed by atoms with Gasteiger partial charge >= 0.3 is 0 Å². The maximum absolute atomic E-state index is 5.63. The lowest BCUT2D eigenvalue weighted by molar-refractivity contribution is 0.997. The Morgan fingerprint density at radius 1 is 1.45 bits per heavy atom. The lowest BCUT2D eigenvalue weighted by atomic mass is 10.2. The summed E-state index contributed by atoms with van der Waals surface area (Å²) in [6, 6.07) is 0. The van der Waals surface area contributed by atoms with Crippen molar-refractivity contribution < 1.29 is 0 Å². The van der Waals surface area contributed by atoms with Crippen LogP contribution in [0.4, 0.5) is 5.82 Å². The molecule has 0 amide bonds. The van der Waals surface area contributed by atoms with Crippen molar-refractivity contribution in [2.24, 2.45) is 4.99 Å². The average Bonchev–Trinajstić information content (AvgIpc) is 2.34. The van der Waals surface area contributed by atoms with Gasteiger partial charge in [-0.05, 0) is 22.6 Å². The van der Waals surface area contributed by atoms with E-state index in [0.29, 0.717) is 12.4 Å². The third-order valence-electron chi connectivity index (χ3n) is 1.53. The minimum Gasteiger partial charge on any atom is -0.383 e. The molecule has 0 saturated heterocycles. The van der Waals surface area contributed by atoms with Crippen LogP contribution in [-0.4, -0.2) is 13.7 Å². The number of nitrogens with zero attached hydrogens (tertiary/aromatic N) is 3. The number of fused-ring (bicyclic) bond motifs is 1. The topological polar surface area (TPSA) is 64.2 Å². The van der Waals surface area contributed by atoms with Gasteiger partial charge in [0.25, 0.3) is 0 Å². The molecule has 2 heterocycles. The van der Waals surface area contributed by atoms with Gasteiger partial charge in [0.15, 0.2) is 0 Å². The van der Waals surface area contributed by atoms with Crippen LogP contribution in [0.2, 0.25) is 0 Å². The first-order valence-electron chi connectivity index (χ1n) is 3.08. The van der Waals surface area contributed by atoms with Crippen LogP contribution in [0.25, 0.3) is 0 Å². The molecule has 11 heavy (non-hydrogen) atoms. The van der Waals surface area contributed by atoms with Crippen LogP contribution >= 0.6 is 22.6 Å². The van der Waals surface area contributed by atoms with E-state index in [9.17, 15) is 0 Å². The molecule has 4 nitrogen and oxygen atoms in total. The van der Waals surface area contributed by atoms with Crippen LogP contribution in [0.3, 0.4) is 0 Å². The van der Waals surface area contributed by atoms with Gasteiger partial charge < -0.3 is 5.73 Å². The summed E-state index contributed by atoms with van der Waals surface area (Å²) < 4.78 is 0.913. The Hall–Kier alpha value is -0.720. The molecule has 0 radical (unpaired) electrons. The molecule has 2 N–H and O–H groups in total. The molecule has 0 aliphatic carbocycles. The van der Waals surface area contributed by atoms with E-state index in [0.717, 1.165) is 15.0 Å². The number of nitrogens with two attached hydrogens (primary N) is 1. The summed E-state index contributed by atoms with van der Waals surface area (Å²) in [6.07, 6.45) is 1.47.